The van der Waals surface area contributed by atoms with E-state index in [1.54, 1.807) is 0 Å². The number of ether oxygens (including phenoxy) is 1. The summed E-state index contributed by atoms with van der Waals surface area (Å²) in [4.78, 5) is 0. The van der Waals surface area contributed by atoms with Crippen molar-refractivity contribution in [3.8, 4) is 0 Å². The molecule has 0 amide bonds. The first-order valence-corrected chi connectivity index (χ1v) is 4.26. The molecule has 0 spiro atoms. The molecule has 1 N–H and O–H groups in total. The van der Waals surface area contributed by atoms with Gasteiger partial charge in [0, 0.05) is 12.6 Å². The molecule has 0 heterocycles. The van der Waals surface area contributed by atoms with Crippen LogP contribution in [0.2, 0.25) is 0 Å². The monoisotopic (exact) mass is 181 g/mol. The van der Waals surface area contributed by atoms with Gasteiger partial charge >= 0.3 is 0 Å². The van der Waals surface area contributed by atoms with Crippen LogP contribution in [-0.4, -0.2) is 32.2 Å². The molecule has 0 aromatic rings. The lowest BCUT2D eigenvalue weighted by molar-refractivity contribution is 0.0183. The highest BCUT2D eigenvalue weighted by atomic mass is 19.3. The summed E-state index contributed by atoms with van der Waals surface area (Å²) in [6, 6.07) is 0.431. The van der Waals surface area contributed by atoms with E-state index < -0.39 is 13.0 Å². The molecule has 12 heavy (non-hydrogen) atoms. The Morgan fingerprint density at radius 3 is 2.58 bits per heavy atom. The van der Waals surface area contributed by atoms with Crippen LogP contribution < -0.4 is 5.32 Å². The first-order valence-electron chi connectivity index (χ1n) is 4.26. The van der Waals surface area contributed by atoms with Crippen molar-refractivity contribution in [2.45, 2.75) is 32.7 Å². The van der Waals surface area contributed by atoms with Crippen molar-refractivity contribution < 1.29 is 13.5 Å². The summed E-state index contributed by atoms with van der Waals surface area (Å²) in [5.41, 5.74) is 0. The van der Waals surface area contributed by atoms with Crippen molar-refractivity contribution in [3.05, 3.63) is 0 Å². The zero-order chi connectivity index (χ0) is 9.40. The van der Waals surface area contributed by atoms with Gasteiger partial charge in [0.15, 0.2) is 0 Å². The Labute approximate surface area is 72.3 Å². The summed E-state index contributed by atoms with van der Waals surface area (Å²) in [6.45, 7) is 4.66. The maximum atomic E-state index is 11.5. The first kappa shape index (κ1) is 11.8. The van der Waals surface area contributed by atoms with Crippen molar-refractivity contribution in [2.75, 3.05) is 19.8 Å². The van der Waals surface area contributed by atoms with Crippen LogP contribution in [0.4, 0.5) is 8.78 Å². The van der Waals surface area contributed by atoms with Crippen molar-refractivity contribution in [2.24, 2.45) is 0 Å². The van der Waals surface area contributed by atoms with Crippen LogP contribution in [0.5, 0.6) is 0 Å². The van der Waals surface area contributed by atoms with Gasteiger partial charge in [0.1, 0.15) is 6.61 Å². The zero-order valence-electron chi connectivity index (χ0n) is 7.65. The van der Waals surface area contributed by atoms with Gasteiger partial charge in [-0.1, -0.05) is 6.92 Å². The average molecular weight is 181 g/mol. The third-order valence-corrected chi connectivity index (χ3v) is 1.60. The Balaban J connectivity index is 3.00. The van der Waals surface area contributed by atoms with Gasteiger partial charge in [-0.3, -0.25) is 0 Å². The average Bonchev–Trinajstić information content (AvgIpc) is 2.03. The van der Waals surface area contributed by atoms with Gasteiger partial charge in [0.25, 0.3) is 6.43 Å². The van der Waals surface area contributed by atoms with Crippen LogP contribution >= 0.6 is 0 Å². The largest absolute Gasteiger partial charge is 0.374 e. The van der Waals surface area contributed by atoms with E-state index in [-0.39, 0.29) is 0 Å². The van der Waals surface area contributed by atoms with Crippen LogP contribution in [0.25, 0.3) is 0 Å². The number of rotatable bonds is 7. The quantitative estimate of drug-likeness (QED) is 0.603. The fourth-order valence-corrected chi connectivity index (χ4v) is 0.694. The molecule has 0 radical (unpaired) electrons. The summed E-state index contributed by atoms with van der Waals surface area (Å²) in [7, 11) is 0. The van der Waals surface area contributed by atoms with Crippen LogP contribution in [0.15, 0.2) is 0 Å². The summed E-state index contributed by atoms with van der Waals surface area (Å²) in [5, 5.41) is 3.14. The van der Waals surface area contributed by atoms with Crippen LogP contribution in [0.1, 0.15) is 20.3 Å². The van der Waals surface area contributed by atoms with Gasteiger partial charge in [-0.25, -0.2) is 8.78 Å². The van der Waals surface area contributed by atoms with E-state index in [2.05, 4.69) is 17.0 Å². The van der Waals surface area contributed by atoms with Crippen LogP contribution in [0, 0.1) is 0 Å². The molecule has 0 aliphatic heterocycles. The molecule has 0 aromatic heterocycles. The Bertz CT molecular complexity index is 101. The Hall–Kier alpha value is -0.220. The standard InChI is InChI=1S/C8H17F2NO/c1-3-7(2)11-4-5-12-6-8(9)10/h7-8,11H,3-6H2,1-2H3. The Morgan fingerprint density at radius 1 is 1.42 bits per heavy atom. The number of hydrogen-bond donors (Lipinski definition) is 1. The van der Waals surface area contributed by atoms with Gasteiger partial charge in [-0.05, 0) is 13.3 Å². The van der Waals surface area contributed by atoms with Crippen molar-refractivity contribution >= 4 is 0 Å². The Kier molecular flexibility index (Phi) is 7.29. The second-order valence-corrected chi connectivity index (χ2v) is 2.73. The normalized spacial score (nSPS) is 13.8. The molecule has 0 aliphatic carbocycles. The number of hydrogen-bond acceptors (Lipinski definition) is 2. The van der Waals surface area contributed by atoms with Gasteiger partial charge in [-0.2, -0.15) is 0 Å². The molecule has 4 heteroatoms. The SMILES string of the molecule is CCC(C)NCCOCC(F)F. The minimum absolute atomic E-state index is 0.356. The van der Waals surface area contributed by atoms with Gasteiger partial charge < -0.3 is 10.1 Å². The molecule has 0 fully saturated rings. The minimum atomic E-state index is -2.35. The summed E-state index contributed by atoms with van der Waals surface area (Å²) in [5.74, 6) is 0. The second kappa shape index (κ2) is 7.43. The molecule has 0 bridgehead atoms. The van der Waals surface area contributed by atoms with Gasteiger partial charge in [-0.15, -0.1) is 0 Å². The molecule has 2 nitrogen and oxygen atoms in total. The van der Waals surface area contributed by atoms with Crippen molar-refractivity contribution in [1.29, 1.82) is 0 Å². The summed E-state index contributed by atoms with van der Waals surface area (Å²) < 4.78 is 27.8. The highest BCUT2D eigenvalue weighted by Crippen LogP contribution is 1.92. The van der Waals surface area contributed by atoms with E-state index in [0.717, 1.165) is 6.42 Å². The van der Waals surface area contributed by atoms with E-state index in [1.165, 1.54) is 0 Å². The molecule has 0 saturated carbocycles. The predicted octanol–water partition coefficient (Wildman–Crippen LogP) is 1.66. The molecule has 1 unspecified atom stereocenters. The number of nitrogens with one attached hydrogen (secondary N) is 1. The van der Waals surface area contributed by atoms with E-state index in [4.69, 9.17) is 0 Å². The van der Waals surface area contributed by atoms with E-state index >= 15 is 0 Å². The molecular formula is C8H17F2NO. The van der Waals surface area contributed by atoms with Gasteiger partial charge in [0.05, 0.1) is 6.61 Å². The zero-order valence-corrected chi connectivity index (χ0v) is 7.65. The second-order valence-electron chi connectivity index (χ2n) is 2.73. The summed E-state index contributed by atoms with van der Waals surface area (Å²) in [6.07, 6.45) is -1.32. The summed E-state index contributed by atoms with van der Waals surface area (Å²) >= 11 is 0. The van der Waals surface area contributed by atoms with Crippen molar-refractivity contribution in [3.63, 3.8) is 0 Å². The van der Waals surface area contributed by atoms with Crippen LogP contribution in [-0.2, 0) is 4.74 Å². The molecule has 0 aliphatic rings. The predicted molar refractivity (Wildman–Crippen MR) is 44.6 cm³/mol. The molecular weight excluding hydrogens is 164 g/mol. The smallest absolute Gasteiger partial charge is 0.261 e. The minimum Gasteiger partial charge on any atom is -0.374 e. The van der Waals surface area contributed by atoms with Gasteiger partial charge in [0.2, 0.25) is 0 Å². The highest BCUT2D eigenvalue weighted by Gasteiger charge is 2.01. The topological polar surface area (TPSA) is 21.3 Å². The Morgan fingerprint density at radius 2 is 2.08 bits per heavy atom. The maximum Gasteiger partial charge on any atom is 0.261 e. The highest BCUT2D eigenvalue weighted by molar-refractivity contribution is 4.56. The fourth-order valence-electron chi connectivity index (χ4n) is 0.694. The van der Waals surface area contributed by atoms with Crippen molar-refractivity contribution in [1.82, 2.24) is 5.32 Å². The lowest BCUT2D eigenvalue weighted by Gasteiger charge is -2.10. The van der Waals surface area contributed by atoms with E-state index in [9.17, 15) is 8.78 Å². The third kappa shape index (κ3) is 7.88. The maximum absolute atomic E-state index is 11.5. The lowest BCUT2D eigenvalue weighted by Crippen LogP contribution is -2.29. The van der Waals surface area contributed by atoms with E-state index in [0.29, 0.717) is 19.2 Å². The third-order valence-electron chi connectivity index (χ3n) is 1.60. The lowest BCUT2D eigenvalue weighted by atomic mass is 10.3. The molecule has 1 atom stereocenters. The number of alkyl halides is 2. The first-order chi connectivity index (χ1) is 5.66. The fraction of sp³-hybridized carbons (Fsp3) is 1.00. The van der Waals surface area contributed by atoms with E-state index in [1.807, 2.05) is 6.92 Å². The number of halogens is 2. The molecule has 0 aromatic carbocycles. The molecule has 74 valence electrons. The molecule has 0 saturated heterocycles. The van der Waals surface area contributed by atoms with Crippen LogP contribution in [0.3, 0.4) is 0 Å². The molecule has 0 rings (SSSR count).